The molecule has 1 heterocycles. The molecule has 0 fully saturated rings. The van der Waals surface area contributed by atoms with Gasteiger partial charge in [-0.2, -0.15) is 0 Å². The number of halogens is 2. The maximum atomic E-state index is 11.6. The second-order valence-corrected chi connectivity index (χ2v) is 1.84. The van der Waals surface area contributed by atoms with Gasteiger partial charge in [-0.3, -0.25) is 4.68 Å². The zero-order valence-corrected chi connectivity index (χ0v) is 5.30. The van der Waals surface area contributed by atoms with E-state index in [0.717, 1.165) is 0 Å². The Morgan fingerprint density at radius 2 is 1.90 bits per heavy atom. The van der Waals surface area contributed by atoms with Crippen molar-refractivity contribution < 1.29 is 8.78 Å². The second kappa shape index (κ2) is 3.20. The standard InChI is InChI=1S/C6H8F2N2/c7-6(8)5-9-10-3-1-2-4-10/h1-4,6,9H,5H2. The molecule has 1 N–H and O–H groups in total. The lowest BCUT2D eigenvalue weighted by Gasteiger charge is -2.04. The van der Waals surface area contributed by atoms with E-state index in [1.54, 1.807) is 24.5 Å². The van der Waals surface area contributed by atoms with Crippen LogP contribution in [0.25, 0.3) is 0 Å². The van der Waals surface area contributed by atoms with Crippen molar-refractivity contribution in [3.63, 3.8) is 0 Å². The molecular formula is C6H8F2N2. The van der Waals surface area contributed by atoms with Crippen LogP contribution in [-0.2, 0) is 0 Å². The van der Waals surface area contributed by atoms with Crippen molar-refractivity contribution in [2.45, 2.75) is 6.43 Å². The maximum Gasteiger partial charge on any atom is 0.257 e. The molecule has 1 aromatic heterocycles. The summed E-state index contributed by atoms with van der Waals surface area (Å²) in [4.78, 5) is 0. The number of hydrogen-bond acceptors (Lipinski definition) is 1. The summed E-state index contributed by atoms with van der Waals surface area (Å²) in [5.74, 6) is 0. The van der Waals surface area contributed by atoms with Crippen LogP contribution in [0, 0.1) is 0 Å². The van der Waals surface area contributed by atoms with Gasteiger partial charge in [0.25, 0.3) is 6.43 Å². The zero-order valence-electron chi connectivity index (χ0n) is 5.30. The fourth-order valence-electron chi connectivity index (χ4n) is 0.614. The van der Waals surface area contributed by atoms with Crippen molar-refractivity contribution in [1.82, 2.24) is 4.68 Å². The number of alkyl halides is 2. The molecule has 0 spiro atoms. The van der Waals surface area contributed by atoms with Gasteiger partial charge in [0.05, 0.1) is 6.54 Å². The van der Waals surface area contributed by atoms with Crippen LogP contribution in [0.5, 0.6) is 0 Å². The first-order valence-electron chi connectivity index (χ1n) is 2.94. The topological polar surface area (TPSA) is 17.0 Å². The number of nitrogens with zero attached hydrogens (tertiary/aromatic N) is 1. The molecule has 56 valence electrons. The summed E-state index contributed by atoms with van der Waals surface area (Å²) in [6, 6.07) is 3.52. The van der Waals surface area contributed by atoms with Crippen molar-refractivity contribution in [1.29, 1.82) is 0 Å². The lowest BCUT2D eigenvalue weighted by molar-refractivity contribution is 0.160. The maximum absolute atomic E-state index is 11.6. The van der Waals surface area contributed by atoms with Gasteiger partial charge in [-0.25, -0.2) is 8.78 Å². The minimum Gasteiger partial charge on any atom is -0.321 e. The summed E-state index contributed by atoms with van der Waals surface area (Å²) in [5, 5.41) is 0. The van der Waals surface area contributed by atoms with Crippen molar-refractivity contribution in [3.8, 4) is 0 Å². The largest absolute Gasteiger partial charge is 0.321 e. The van der Waals surface area contributed by atoms with Gasteiger partial charge in [0.15, 0.2) is 0 Å². The summed E-state index contributed by atoms with van der Waals surface area (Å²) in [7, 11) is 0. The van der Waals surface area contributed by atoms with Crippen LogP contribution in [-0.4, -0.2) is 17.6 Å². The third kappa shape index (κ3) is 2.05. The second-order valence-electron chi connectivity index (χ2n) is 1.84. The smallest absolute Gasteiger partial charge is 0.257 e. The van der Waals surface area contributed by atoms with E-state index in [1.807, 2.05) is 0 Å². The minimum atomic E-state index is -2.30. The molecule has 4 heteroatoms. The average Bonchev–Trinajstić information content (AvgIpc) is 2.34. The Hall–Kier alpha value is -1.06. The van der Waals surface area contributed by atoms with Crippen molar-refractivity contribution in [3.05, 3.63) is 24.5 Å². The van der Waals surface area contributed by atoms with Crippen LogP contribution < -0.4 is 5.43 Å². The molecule has 0 aliphatic heterocycles. The molecule has 0 saturated heterocycles. The Balaban J connectivity index is 2.28. The minimum absolute atomic E-state index is 0.311. The Morgan fingerprint density at radius 1 is 1.30 bits per heavy atom. The predicted molar refractivity (Wildman–Crippen MR) is 34.7 cm³/mol. The van der Waals surface area contributed by atoms with Crippen molar-refractivity contribution in [2.75, 3.05) is 12.0 Å². The highest BCUT2D eigenvalue weighted by Crippen LogP contribution is 1.90. The molecular weight excluding hydrogens is 138 g/mol. The van der Waals surface area contributed by atoms with E-state index in [-0.39, 0.29) is 6.54 Å². The molecule has 0 aliphatic carbocycles. The van der Waals surface area contributed by atoms with Crippen LogP contribution in [0.15, 0.2) is 24.5 Å². The van der Waals surface area contributed by atoms with E-state index in [1.165, 1.54) is 4.68 Å². The van der Waals surface area contributed by atoms with Crippen LogP contribution in [0.4, 0.5) is 8.78 Å². The Kier molecular flexibility index (Phi) is 2.25. The lowest BCUT2D eigenvalue weighted by atomic mass is 10.7. The monoisotopic (exact) mass is 146 g/mol. The normalized spacial score (nSPS) is 10.3. The van der Waals surface area contributed by atoms with Crippen LogP contribution in [0.1, 0.15) is 0 Å². The number of hydrogen-bond donors (Lipinski definition) is 1. The number of rotatable bonds is 3. The fourth-order valence-corrected chi connectivity index (χ4v) is 0.614. The van der Waals surface area contributed by atoms with Crippen LogP contribution >= 0.6 is 0 Å². The van der Waals surface area contributed by atoms with E-state index in [2.05, 4.69) is 5.43 Å². The van der Waals surface area contributed by atoms with E-state index < -0.39 is 6.43 Å². The van der Waals surface area contributed by atoms with Gasteiger partial charge in [0.1, 0.15) is 0 Å². The molecule has 0 unspecified atom stereocenters. The summed E-state index contributed by atoms with van der Waals surface area (Å²) in [6.07, 6.45) is 1.03. The fraction of sp³-hybridized carbons (Fsp3) is 0.333. The average molecular weight is 146 g/mol. The predicted octanol–water partition coefficient (Wildman–Crippen LogP) is 1.30. The summed E-state index contributed by atoms with van der Waals surface area (Å²) >= 11 is 0. The number of nitrogens with one attached hydrogen (secondary N) is 1. The molecule has 1 rings (SSSR count). The van der Waals surface area contributed by atoms with Gasteiger partial charge in [-0.15, -0.1) is 0 Å². The van der Waals surface area contributed by atoms with Gasteiger partial charge in [0, 0.05) is 12.4 Å². The van der Waals surface area contributed by atoms with Crippen LogP contribution in [0.3, 0.4) is 0 Å². The van der Waals surface area contributed by atoms with E-state index in [0.29, 0.717) is 0 Å². The highest BCUT2D eigenvalue weighted by Gasteiger charge is 1.98. The first-order chi connectivity index (χ1) is 4.79. The molecule has 0 bridgehead atoms. The zero-order chi connectivity index (χ0) is 7.40. The van der Waals surface area contributed by atoms with E-state index in [4.69, 9.17) is 0 Å². The molecule has 0 atom stereocenters. The lowest BCUT2D eigenvalue weighted by Crippen LogP contribution is -2.19. The van der Waals surface area contributed by atoms with Gasteiger partial charge in [-0.05, 0) is 12.1 Å². The Morgan fingerprint density at radius 3 is 2.40 bits per heavy atom. The third-order valence-corrected chi connectivity index (χ3v) is 1.03. The highest BCUT2D eigenvalue weighted by molar-refractivity contribution is 4.93. The van der Waals surface area contributed by atoms with Crippen molar-refractivity contribution >= 4 is 0 Å². The molecule has 1 aromatic rings. The first-order valence-corrected chi connectivity index (χ1v) is 2.94. The molecule has 0 aromatic carbocycles. The van der Waals surface area contributed by atoms with Gasteiger partial charge >= 0.3 is 0 Å². The van der Waals surface area contributed by atoms with Crippen LogP contribution in [0.2, 0.25) is 0 Å². The van der Waals surface area contributed by atoms with E-state index >= 15 is 0 Å². The number of aromatic nitrogens is 1. The van der Waals surface area contributed by atoms with Gasteiger partial charge in [-0.1, -0.05) is 0 Å². The summed E-state index contributed by atoms with van der Waals surface area (Å²) in [6.45, 7) is -0.311. The summed E-state index contributed by atoms with van der Waals surface area (Å²) < 4.78 is 24.6. The van der Waals surface area contributed by atoms with Gasteiger partial charge in [0.2, 0.25) is 0 Å². The highest BCUT2D eigenvalue weighted by atomic mass is 19.3. The SMILES string of the molecule is FC(F)CNn1cccc1. The first kappa shape index (κ1) is 7.05. The van der Waals surface area contributed by atoms with Crippen molar-refractivity contribution in [2.24, 2.45) is 0 Å². The Labute approximate surface area is 57.4 Å². The molecule has 2 nitrogen and oxygen atoms in total. The molecule has 0 amide bonds. The Bertz CT molecular complexity index is 172. The molecule has 10 heavy (non-hydrogen) atoms. The molecule has 0 saturated carbocycles. The quantitative estimate of drug-likeness (QED) is 0.680. The van der Waals surface area contributed by atoms with Gasteiger partial charge < -0.3 is 5.43 Å². The molecule has 0 aliphatic rings. The van der Waals surface area contributed by atoms with E-state index in [9.17, 15) is 8.78 Å². The molecule has 0 radical (unpaired) electrons. The summed E-state index contributed by atoms with van der Waals surface area (Å²) in [5.41, 5.74) is 2.49. The third-order valence-electron chi connectivity index (χ3n) is 1.03.